The van der Waals surface area contributed by atoms with Crippen molar-refractivity contribution in [3.63, 3.8) is 0 Å². The molecule has 1 saturated carbocycles. The van der Waals surface area contributed by atoms with Crippen LogP contribution in [0.25, 0.3) is 0 Å². The van der Waals surface area contributed by atoms with Crippen LogP contribution in [-0.4, -0.2) is 30.9 Å². The van der Waals surface area contributed by atoms with Crippen molar-refractivity contribution in [3.05, 3.63) is 23.3 Å². The van der Waals surface area contributed by atoms with Gasteiger partial charge in [0.05, 0.1) is 0 Å². The molecule has 5 nitrogen and oxygen atoms in total. The van der Waals surface area contributed by atoms with E-state index < -0.39 is 5.41 Å². The van der Waals surface area contributed by atoms with Gasteiger partial charge in [-0.25, -0.2) is 0 Å². The van der Waals surface area contributed by atoms with E-state index in [0.717, 1.165) is 17.6 Å². The summed E-state index contributed by atoms with van der Waals surface area (Å²) in [6, 6.07) is 0. The van der Waals surface area contributed by atoms with Gasteiger partial charge in [-0.15, -0.1) is 0 Å². The minimum Gasteiger partial charge on any atom is -0.461 e. The highest BCUT2D eigenvalue weighted by molar-refractivity contribution is 5.82. The molecule has 0 unspecified atom stereocenters. The molecule has 0 radical (unpaired) electrons. The monoisotopic (exact) mass is 304 g/mol. The number of fused-ring (bicyclic) bond motifs is 3. The van der Waals surface area contributed by atoms with Crippen LogP contribution in [0.1, 0.15) is 33.6 Å². The summed E-state index contributed by atoms with van der Waals surface area (Å²) in [7, 11) is 0. The second kappa shape index (κ2) is 4.22. The van der Waals surface area contributed by atoms with Crippen molar-refractivity contribution in [2.75, 3.05) is 6.61 Å². The normalized spacial score (nSPS) is 44.9. The first-order chi connectivity index (χ1) is 10.3. The summed E-state index contributed by atoms with van der Waals surface area (Å²) in [5.41, 5.74) is 1.60. The molecule has 0 bridgehead atoms. The number of rotatable bonds is 2. The topological polar surface area (TPSA) is 65.1 Å². The summed E-state index contributed by atoms with van der Waals surface area (Å²) < 4.78 is 16.0. The van der Waals surface area contributed by atoms with Gasteiger partial charge in [-0.2, -0.15) is 0 Å². The van der Waals surface area contributed by atoms with Gasteiger partial charge < -0.3 is 14.2 Å². The lowest BCUT2D eigenvalue weighted by molar-refractivity contribution is -0.159. The molecule has 1 spiro atoms. The molecule has 5 heteroatoms. The number of epoxide rings is 1. The highest BCUT2D eigenvalue weighted by Crippen LogP contribution is 2.66. The fraction of sp³-hybridized carbons (Fsp3) is 0.647. The van der Waals surface area contributed by atoms with Crippen molar-refractivity contribution in [2.45, 2.75) is 46.0 Å². The smallest absolute Gasteiger partial charge is 0.317 e. The maximum atomic E-state index is 12.4. The van der Waals surface area contributed by atoms with Crippen LogP contribution in [0.15, 0.2) is 23.3 Å². The van der Waals surface area contributed by atoms with Crippen molar-refractivity contribution < 1.29 is 23.8 Å². The Kier molecular flexibility index (Phi) is 2.69. The van der Waals surface area contributed by atoms with E-state index in [1.165, 1.54) is 6.92 Å². The average molecular weight is 304 g/mol. The predicted octanol–water partition coefficient (Wildman–Crippen LogP) is 2.12. The molecule has 2 aliphatic heterocycles. The van der Waals surface area contributed by atoms with E-state index in [1.54, 1.807) is 0 Å². The van der Waals surface area contributed by atoms with E-state index >= 15 is 0 Å². The third-order valence-electron chi connectivity index (χ3n) is 5.55. The van der Waals surface area contributed by atoms with Gasteiger partial charge in [-0.1, -0.05) is 24.6 Å². The van der Waals surface area contributed by atoms with Crippen LogP contribution in [0, 0.1) is 16.7 Å². The molecule has 2 saturated heterocycles. The lowest BCUT2D eigenvalue weighted by atomic mass is 9.71. The van der Waals surface area contributed by atoms with Gasteiger partial charge in [-0.05, 0) is 36.7 Å². The minimum atomic E-state index is -0.527. The van der Waals surface area contributed by atoms with Gasteiger partial charge in [0.1, 0.15) is 18.1 Å². The zero-order valence-electron chi connectivity index (χ0n) is 13.0. The van der Waals surface area contributed by atoms with Crippen LogP contribution >= 0.6 is 0 Å². The van der Waals surface area contributed by atoms with E-state index in [9.17, 15) is 9.59 Å². The van der Waals surface area contributed by atoms with Crippen molar-refractivity contribution >= 4 is 11.9 Å². The van der Waals surface area contributed by atoms with E-state index in [4.69, 9.17) is 14.2 Å². The molecule has 3 fully saturated rings. The second-order valence-corrected chi connectivity index (χ2v) is 7.31. The largest absolute Gasteiger partial charge is 0.461 e. The zero-order chi connectivity index (χ0) is 15.7. The lowest BCUT2D eigenvalue weighted by Crippen LogP contribution is -2.31. The summed E-state index contributed by atoms with van der Waals surface area (Å²) in [4.78, 5) is 23.5. The van der Waals surface area contributed by atoms with E-state index in [2.05, 4.69) is 19.1 Å². The number of ether oxygens (including phenoxy) is 3. The molecule has 0 aromatic carbocycles. The van der Waals surface area contributed by atoms with E-state index in [1.807, 2.05) is 6.92 Å². The van der Waals surface area contributed by atoms with Crippen LogP contribution in [-0.2, 0) is 23.8 Å². The summed E-state index contributed by atoms with van der Waals surface area (Å²) in [6.45, 7) is 5.93. The van der Waals surface area contributed by atoms with Crippen molar-refractivity contribution in [1.29, 1.82) is 0 Å². The molecule has 0 amide bonds. The number of carbonyl (C=O) groups is 2. The Hall–Kier alpha value is -1.62. The van der Waals surface area contributed by atoms with Crippen LogP contribution in [0.5, 0.6) is 0 Å². The Labute approximate surface area is 129 Å². The minimum absolute atomic E-state index is 0.0916. The van der Waals surface area contributed by atoms with Crippen LogP contribution in [0.2, 0.25) is 0 Å². The van der Waals surface area contributed by atoms with Crippen molar-refractivity contribution in [3.8, 4) is 0 Å². The first kappa shape index (κ1) is 14.0. The predicted molar refractivity (Wildman–Crippen MR) is 76.5 cm³/mol. The summed E-state index contributed by atoms with van der Waals surface area (Å²) >= 11 is 0. The summed E-state index contributed by atoms with van der Waals surface area (Å²) in [5, 5.41) is 0. The molecule has 2 aliphatic carbocycles. The standard InChI is InChI=1S/C17H20O5/c1-9-4-11(7-20-10(2)18)12-6-17(8-16(12,3)5-9)13-14(21-13)22-15(17)19/h4-5,12-14H,6-8H2,1-3H3/t12-,13-,14-,16+,17+/m1/s1. The van der Waals surface area contributed by atoms with Gasteiger partial charge >= 0.3 is 11.9 Å². The number of hydrogen-bond acceptors (Lipinski definition) is 5. The first-order valence-corrected chi connectivity index (χ1v) is 7.74. The Morgan fingerprint density at radius 2 is 2.27 bits per heavy atom. The third kappa shape index (κ3) is 1.81. The number of esters is 2. The number of hydrogen-bond donors (Lipinski definition) is 0. The molecule has 2 heterocycles. The maximum absolute atomic E-state index is 12.4. The van der Waals surface area contributed by atoms with E-state index in [0.29, 0.717) is 13.0 Å². The second-order valence-electron chi connectivity index (χ2n) is 7.31. The number of carbonyl (C=O) groups excluding carboxylic acids is 2. The van der Waals surface area contributed by atoms with Gasteiger partial charge in [0.25, 0.3) is 0 Å². The quantitative estimate of drug-likeness (QED) is 0.577. The molecular formula is C17H20O5. The van der Waals surface area contributed by atoms with Crippen LogP contribution in [0.4, 0.5) is 0 Å². The Morgan fingerprint density at radius 3 is 2.91 bits per heavy atom. The van der Waals surface area contributed by atoms with Crippen LogP contribution < -0.4 is 0 Å². The Bertz CT molecular complexity index is 633. The molecular weight excluding hydrogens is 284 g/mol. The van der Waals surface area contributed by atoms with Gasteiger partial charge in [-0.3, -0.25) is 9.59 Å². The zero-order valence-corrected chi connectivity index (χ0v) is 13.0. The lowest BCUT2D eigenvalue weighted by Gasteiger charge is -2.34. The van der Waals surface area contributed by atoms with Gasteiger partial charge in [0.2, 0.25) is 6.29 Å². The third-order valence-corrected chi connectivity index (χ3v) is 5.55. The Morgan fingerprint density at radius 1 is 1.50 bits per heavy atom. The molecule has 5 atom stereocenters. The molecule has 4 rings (SSSR count). The molecule has 118 valence electrons. The molecule has 22 heavy (non-hydrogen) atoms. The number of allylic oxidation sites excluding steroid dienone is 3. The summed E-state index contributed by atoms with van der Waals surface area (Å²) in [5.74, 6) is -0.221. The molecule has 4 aliphatic rings. The Balaban J connectivity index is 1.67. The van der Waals surface area contributed by atoms with Gasteiger partial charge in [0, 0.05) is 6.92 Å². The highest BCUT2D eigenvalue weighted by Gasteiger charge is 2.73. The van der Waals surface area contributed by atoms with Crippen molar-refractivity contribution in [1.82, 2.24) is 0 Å². The molecule has 0 aromatic heterocycles. The maximum Gasteiger partial charge on any atom is 0.317 e. The first-order valence-electron chi connectivity index (χ1n) is 7.74. The fourth-order valence-corrected chi connectivity index (χ4v) is 4.75. The highest BCUT2D eigenvalue weighted by atomic mass is 16.8. The van der Waals surface area contributed by atoms with Crippen molar-refractivity contribution in [2.24, 2.45) is 16.7 Å². The summed E-state index contributed by atoms with van der Waals surface area (Å²) in [6.07, 6.45) is 5.35. The van der Waals surface area contributed by atoms with Crippen LogP contribution in [0.3, 0.4) is 0 Å². The average Bonchev–Trinajstić information content (AvgIpc) is 3.04. The van der Waals surface area contributed by atoms with E-state index in [-0.39, 0.29) is 35.7 Å². The van der Waals surface area contributed by atoms with Gasteiger partial charge in [0.15, 0.2) is 0 Å². The molecule has 0 aromatic rings. The molecule has 0 N–H and O–H groups in total. The SMILES string of the molecule is CC(=O)OCC1=CC(C)=C[C@@]2(C)C[C@]3(C[C@H]12)C(=O)O[C@H]1O[C@H]13. The fourth-order valence-electron chi connectivity index (χ4n) is 4.75.